The summed E-state index contributed by atoms with van der Waals surface area (Å²) < 4.78 is 5.00. The number of benzene rings is 1. The summed E-state index contributed by atoms with van der Waals surface area (Å²) in [7, 11) is 1.61. The summed E-state index contributed by atoms with van der Waals surface area (Å²) in [6, 6.07) is 10.2. The van der Waals surface area contributed by atoms with Crippen LogP contribution in [-0.4, -0.2) is 29.8 Å². The summed E-state index contributed by atoms with van der Waals surface area (Å²) in [4.78, 5) is 17.4. The molecule has 0 saturated carbocycles. The summed E-state index contributed by atoms with van der Waals surface area (Å²) in [5.74, 6) is -0.130. The van der Waals surface area contributed by atoms with Gasteiger partial charge in [0, 0.05) is 29.2 Å². The zero-order valence-electron chi connectivity index (χ0n) is 12.0. The van der Waals surface area contributed by atoms with Crippen molar-refractivity contribution in [2.75, 3.05) is 13.7 Å². The second-order valence-corrected chi connectivity index (χ2v) is 6.97. The highest BCUT2D eigenvalue weighted by Gasteiger charge is 2.12. The van der Waals surface area contributed by atoms with Crippen LogP contribution in [0.4, 0.5) is 0 Å². The summed E-state index contributed by atoms with van der Waals surface area (Å²) >= 11 is 3.18. The van der Waals surface area contributed by atoms with E-state index in [-0.39, 0.29) is 5.91 Å². The van der Waals surface area contributed by atoms with Gasteiger partial charge in [0.15, 0.2) is 0 Å². The number of nitrogens with one attached hydrogen (secondary N) is 1. The molecule has 1 aromatic heterocycles. The smallest absolute Gasteiger partial charge is 0.270 e. The Labute approximate surface area is 132 Å². The van der Waals surface area contributed by atoms with Crippen molar-refractivity contribution in [1.29, 1.82) is 0 Å². The number of ether oxygens (including phenoxy) is 1. The molecule has 0 fully saturated rings. The Morgan fingerprint density at radius 2 is 2.19 bits per heavy atom. The number of rotatable bonds is 7. The van der Waals surface area contributed by atoms with Crippen LogP contribution in [0.5, 0.6) is 0 Å². The number of thioether (sulfide) groups is 1. The Bertz CT molecular complexity index is 572. The molecule has 0 saturated heterocycles. The Morgan fingerprint density at radius 1 is 1.43 bits per heavy atom. The maximum Gasteiger partial charge on any atom is 0.270 e. The van der Waals surface area contributed by atoms with E-state index in [1.165, 1.54) is 16.2 Å². The van der Waals surface area contributed by atoms with Gasteiger partial charge in [-0.15, -0.1) is 23.1 Å². The Kier molecular flexibility index (Phi) is 6.22. The van der Waals surface area contributed by atoms with E-state index in [0.717, 1.165) is 5.01 Å². The van der Waals surface area contributed by atoms with Gasteiger partial charge in [-0.1, -0.05) is 25.1 Å². The van der Waals surface area contributed by atoms with Crippen LogP contribution in [-0.2, 0) is 11.3 Å². The zero-order valence-corrected chi connectivity index (χ0v) is 13.7. The van der Waals surface area contributed by atoms with Gasteiger partial charge in [-0.2, -0.15) is 0 Å². The van der Waals surface area contributed by atoms with E-state index < -0.39 is 0 Å². The van der Waals surface area contributed by atoms with Crippen molar-refractivity contribution < 1.29 is 9.53 Å². The second-order valence-electron chi connectivity index (χ2n) is 4.51. The molecule has 0 aliphatic carbocycles. The van der Waals surface area contributed by atoms with Gasteiger partial charge in [0.05, 0.1) is 6.61 Å². The monoisotopic (exact) mass is 322 g/mol. The number of methoxy groups -OCH3 is 1. The fourth-order valence-corrected chi connectivity index (χ4v) is 3.39. The number of hydrogen-bond acceptors (Lipinski definition) is 5. The van der Waals surface area contributed by atoms with Gasteiger partial charge < -0.3 is 10.1 Å². The Balaban J connectivity index is 1.80. The summed E-state index contributed by atoms with van der Waals surface area (Å²) in [6.07, 6.45) is 0. The minimum Gasteiger partial charge on any atom is -0.378 e. The molecular weight excluding hydrogens is 304 g/mol. The van der Waals surface area contributed by atoms with Crippen molar-refractivity contribution in [1.82, 2.24) is 10.3 Å². The Morgan fingerprint density at radius 3 is 2.90 bits per heavy atom. The molecule has 0 aliphatic rings. The molecule has 1 unspecified atom stereocenters. The molecule has 1 N–H and O–H groups in total. The molecule has 1 amide bonds. The van der Waals surface area contributed by atoms with Gasteiger partial charge in [0.1, 0.15) is 10.7 Å². The highest BCUT2D eigenvalue weighted by atomic mass is 32.2. The molecule has 0 bridgehead atoms. The van der Waals surface area contributed by atoms with Gasteiger partial charge in [0.2, 0.25) is 0 Å². The number of thiazole rings is 1. The van der Waals surface area contributed by atoms with Crippen LogP contribution in [0.25, 0.3) is 0 Å². The first-order chi connectivity index (χ1) is 10.2. The summed E-state index contributed by atoms with van der Waals surface area (Å²) in [5.41, 5.74) is 0.462. The predicted molar refractivity (Wildman–Crippen MR) is 86.9 cm³/mol. The maximum absolute atomic E-state index is 12.0. The van der Waals surface area contributed by atoms with Gasteiger partial charge in [-0.25, -0.2) is 4.98 Å². The minimum atomic E-state index is -0.130. The van der Waals surface area contributed by atoms with Gasteiger partial charge in [-0.3, -0.25) is 4.79 Å². The first kappa shape index (κ1) is 16.0. The summed E-state index contributed by atoms with van der Waals surface area (Å²) in [5, 5.41) is 5.79. The van der Waals surface area contributed by atoms with E-state index in [2.05, 4.69) is 29.4 Å². The number of amides is 1. The molecular formula is C15H18N2O2S2. The average molecular weight is 322 g/mol. The third-order valence-corrected chi connectivity index (χ3v) is 4.62. The number of carbonyl (C=O) groups is 1. The first-order valence-electron chi connectivity index (χ1n) is 6.62. The SMILES string of the molecule is COCc1nc(C(=O)NCC(C)Sc2ccccc2)cs1. The molecule has 1 aromatic carbocycles. The average Bonchev–Trinajstić information content (AvgIpc) is 2.95. The normalized spacial score (nSPS) is 12.1. The lowest BCUT2D eigenvalue weighted by Crippen LogP contribution is -2.29. The molecule has 2 rings (SSSR count). The molecule has 1 atom stereocenters. The van der Waals surface area contributed by atoms with Crippen molar-refractivity contribution in [3.05, 3.63) is 46.4 Å². The summed E-state index contributed by atoms with van der Waals surface area (Å²) in [6.45, 7) is 3.14. The molecule has 21 heavy (non-hydrogen) atoms. The Hall–Kier alpha value is -1.37. The molecule has 0 aliphatic heterocycles. The maximum atomic E-state index is 12.0. The molecule has 112 valence electrons. The largest absolute Gasteiger partial charge is 0.378 e. The van der Waals surface area contributed by atoms with Crippen molar-refractivity contribution in [2.45, 2.75) is 23.7 Å². The van der Waals surface area contributed by atoms with Crippen LogP contribution in [0, 0.1) is 0 Å². The van der Waals surface area contributed by atoms with Crippen LogP contribution in [0.3, 0.4) is 0 Å². The van der Waals surface area contributed by atoms with Gasteiger partial charge >= 0.3 is 0 Å². The van der Waals surface area contributed by atoms with E-state index in [1.54, 1.807) is 24.3 Å². The van der Waals surface area contributed by atoms with Crippen molar-refractivity contribution >= 4 is 29.0 Å². The van der Waals surface area contributed by atoms with E-state index in [1.807, 2.05) is 18.2 Å². The van der Waals surface area contributed by atoms with Crippen LogP contribution >= 0.6 is 23.1 Å². The lowest BCUT2D eigenvalue weighted by molar-refractivity contribution is 0.0949. The second kappa shape index (κ2) is 8.17. The predicted octanol–water partition coefficient (Wildman–Crippen LogP) is 3.20. The quantitative estimate of drug-likeness (QED) is 0.795. The minimum absolute atomic E-state index is 0.130. The standard InChI is InChI=1S/C15H18N2O2S2/c1-11(21-12-6-4-3-5-7-12)8-16-15(18)13-10-20-14(17-13)9-19-2/h3-7,10-11H,8-9H2,1-2H3,(H,16,18). The fraction of sp³-hybridized carbons (Fsp3) is 0.333. The highest BCUT2D eigenvalue weighted by molar-refractivity contribution is 8.00. The fourth-order valence-electron chi connectivity index (χ4n) is 1.70. The number of aromatic nitrogens is 1. The van der Waals surface area contributed by atoms with Crippen LogP contribution in [0.1, 0.15) is 22.4 Å². The van der Waals surface area contributed by atoms with E-state index in [0.29, 0.717) is 24.1 Å². The molecule has 6 heteroatoms. The van der Waals surface area contributed by atoms with E-state index in [9.17, 15) is 4.79 Å². The van der Waals surface area contributed by atoms with Gasteiger partial charge in [0.25, 0.3) is 5.91 Å². The molecule has 0 spiro atoms. The van der Waals surface area contributed by atoms with E-state index in [4.69, 9.17) is 4.74 Å². The van der Waals surface area contributed by atoms with Crippen LogP contribution < -0.4 is 5.32 Å². The lowest BCUT2D eigenvalue weighted by atomic mass is 10.4. The van der Waals surface area contributed by atoms with Crippen molar-refractivity contribution in [2.24, 2.45) is 0 Å². The molecule has 1 heterocycles. The van der Waals surface area contributed by atoms with Gasteiger partial charge in [-0.05, 0) is 12.1 Å². The van der Waals surface area contributed by atoms with Crippen LogP contribution in [0.2, 0.25) is 0 Å². The third kappa shape index (κ3) is 5.15. The molecule has 0 radical (unpaired) electrons. The van der Waals surface area contributed by atoms with Crippen molar-refractivity contribution in [3.8, 4) is 0 Å². The zero-order chi connectivity index (χ0) is 15.1. The van der Waals surface area contributed by atoms with E-state index >= 15 is 0 Å². The lowest BCUT2D eigenvalue weighted by Gasteiger charge is -2.11. The number of nitrogens with zero attached hydrogens (tertiary/aromatic N) is 1. The highest BCUT2D eigenvalue weighted by Crippen LogP contribution is 2.22. The molecule has 4 nitrogen and oxygen atoms in total. The third-order valence-electron chi connectivity index (χ3n) is 2.68. The first-order valence-corrected chi connectivity index (χ1v) is 8.38. The van der Waals surface area contributed by atoms with Crippen molar-refractivity contribution in [3.63, 3.8) is 0 Å². The van der Waals surface area contributed by atoms with Crippen LogP contribution in [0.15, 0.2) is 40.6 Å². The number of hydrogen-bond donors (Lipinski definition) is 1. The topological polar surface area (TPSA) is 51.2 Å². The number of carbonyl (C=O) groups excluding carboxylic acids is 1. The molecule has 2 aromatic rings.